The van der Waals surface area contributed by atoms with Crippen molar-refractivity contribution >= 4 is 45.1 Å². The van der Waals surface area contributed by atoms with Crippen LogP contribution in [0.5, 0.6) is 5.75 Å². The summed E-state index contributed by atoms with van der Waals surface area (Å²) in [7, 11) is 0. The van der Waals surface area contributed by atoms with Gasteiger partial charge in [0, 0.05) is 21.7 Å². The van der Waals surface area contributed by atoms with Gasteiger partial charge in [0.25, 0.3) is 5.91 Å². The van der Waals surface area contributed by atoms with E-state index in [-0.39, 0.29) is 5.91 Å². The summed E-state index contributed by atoms with van der Waals surface area (Å²) < 4.78 is 11.9. The van der Waals surface area contributed by atoms with Gasteiger partial charge < -0.3 is 14.5 Å². The summed E-state index contributed by atoms with van der Waals surface area (Å²) >= 11 is 5.92. The van der Waals surface area contributed by atoms with Gasteiger partial charge in [0.2, 0.25) is 5.89 Å². The van der Waals surface area contributed by atoms with Crippen LogP contribution in [0.1, 0.15) is 13.8 Å². The first-order chi connectivity index (χ1) is 15.9. The van der Waals surface area contributed by atoms with Crippen molar-refractivity contribution in [3.05, 3.63) is 90.0 Å². The van der Waals surface area contributed by atoms with E-state index in [9.17, 15) is 4.79 Å². The van der Waals surface area contributed by atoms with E-state index >= 15 is 0 Å². The van der Waals surface area contributed by atoms with Crippen LogP contribution >= 0.6 is 11.6 Å². The summed E-state index contributed by atoms with van der Waals surface area (Å²) in [6, 6.07) is 26.3. The van der Waals surface area contributed by atoms with Crippen molar-refractivity contribution in [3.8, 4) is 17.2 Å². The lowest BCUT2D eigenvalue weighted by Crippen LogP contribution is -2.42. The second-order valence-corrected chi connectivity index (χ2v) is 8.69. The van der Waals surface area contributed by atoms with E-state index in [1.165, 1.54) is 0 Å². The zero-order chi connectivity index (χ0) is 23.0. The molecule has 0 unspecified atom stereocenters. The number of hydrogen-bond donors (Lipinski definition) is 1. The summed E-state index contributed by atoms with van der Waals surface area (Å²) in [5.41, 5.74) is 1.83. The molecular formula is C27H21ClN2O3. The highest BCUT2D eigenvalue weighted by Crippen LogP contribution is 2.31. The minimum absolute atomic E-state index is 0.279. The summed E-state index contributed by atoms with van der Waals surface area (Å²) in [6.45, 7) is 3.43. The van der Waals surface area contributed by atoms with Crippen LogP contribution in [-0.2, 0) is 4.79 Å². The molecule has 0 aliphatic carbocycles. The fourth-order valence-electron chi connectivity index (χ4n) is 3.64. The van der Waals surface area contributed by atoms with E-state index in [0.29, 0.717) is 22.4 Å². The molecule has 164 valence electrons. The maximum Gasteiger partial charge on any atom is 0.267 e. The minimum atomic E-state index is -1.10. The van der Waals surface area contributed by atoms with Gasteiger partial charge in [-0.2, -0.15) is 0 Å². The molecule has 1 aromatic heterocycles. The smallest absolute Gasteiger partial charge is 0.267 e. The molecule has 0 aliphatic rings. The molecule has 0 saturated heterocycles. The van der Waals surface area contributed by atoms with Crippen LogP contribution in [0.15, 0.2) is 89.3 Å². The standard InChI is InChI=1S/C27H21ClN2O3/c1-27(2,33-21-13-11-19(28)12-14-21)26(31)29-20-8-5-7-18(16-20)25-30-24-22-9-4-3-6-17(22)10-15-23(24)32-25/h3-16H,1-2H3,(H,29,31). The third-order valence-corrected chi connectivity index (χ3v) is 5.64. The van der Waals surface area contributed by atoms with Crippen LogP contribution in [0.4, 0.5) is 5.69 Å². The molecule has 1 amide bonds. The van der Waals surface area contributed by atoms with Crippen molar-refractivity contribution in [2.75, 3.05) is 5.32 Å². The molecule has 0 bridgehead atoms. The number of rotatable bonds is 5. The van der Waals surface area contributed by atoms with Crippen molar-refractivity contribution in [3.63, 3.8) is 0 Å². The van der Waals surface area contributed by atoms with E-state index < -0.39 is 5.60 Å². The van der Waals surface area contributed by atoms with Crippen molar-refractivity contribution in [1.29, 1.82) is 0 Å². The number of amides is 1. The first-order valence-corrected chi connectivity index (χ1v) is 10.9. The van der Waals surface area contributed by atoms with Gasteiger partial charge in [0.1, 0.15) is 11.3 Å². The third-order valence-electron chi connectivity index (χ3n) is 5.38. The number of ether oxygens (including phenoxy) is 1. The molecule has 4 aromatic carbocycles. The molecular weight excluding hydrogens is 436 g/mol. The van der Waals surface area contributed by atoms with E-state index in [0.717, 1.165) is 27.4 Å². The number of halogens is 1. The Morgan fingerprint density at radius 2 is 1.76 bits per heavy atom. The maximum atomic E-state index is 12.9. The van der Waals surface area contributed by atoms with Crippen molar-refractivity contribution in [1.82, 2.24) is 4.98 Å². The van der Waals surface area contributed by atoms with Gasteiger partial charge >= 0.3 is 0 Å². The number of nitrogens with zero attached hydrogens (tertiary/aromatic N) is 1. The number of carbonyl (C=O) groups excluding carboxylic acids is 1. The molecule has 0 aliphatic heterocycles. The number of benzene rings is 4. The summed E-state index contributed by atoms with van der Waals surface area (Å²) in [5, 5.41) is 5.68. The van der Waals surface area contributed by atoms with E-state index in [1.807, 2.05) is 60.7 Å². The van der Waals surface area contributed by atoms with E-state index in [2.05, 4.69) is 5.32 Å². The van der Waals surface area contributed by atoms with Gasteiger partial charge in [0.05, 0.1) is 0 Å². The Kier molecular flexibility index (Phi) is 5.27. The number of aromatic nitrogens is 1. The van der Waals surface area contributed by atoms with Crippen molar-refractivity contribution in [2.45, 2.75) is 19.4 Å². The van der Waals surface area contributed by atoms with Gasteiger partial charge in [-0.1, -0.05) is 48.0 Å². The lowest BCUT2D eigenvalue weighted by molar-refractivity contribution is -0.128. The monoisotopic (exact) mass is 456 g/mol. The van der Waals surface area contributed by atoms with Crippen LogP contribution in [-0.4, -0.2) is 16.5 Å². The molecule has 1 N–H and O–H groups in total. The molecule has 5 aromatic rings. The molecule has 5 nitrogen and oxygen atoms in total. The topological polar surface area (TPSA) is 64.4 Å². The number of anilines is 1. The Morgan fingerprint density at radius 1 is 0.970 bits per heavy atom. The number of oxazole rings is 1. The van der Waals surface area contributed by atoms with Crippen LogP contribution in [0, 0.1) is 0 Å². The lowest BCUT2D eigenvalue weighted by Gasteiger charge is -2.25. The van der Waals surface area contributed by atoms with Gasteiger partial charge in [-0.05, 0) is 67.8 Å². The Bertz CT molecular complexity index is 1470. The number of nitrogens with one attached hydrogen (secondary N) is 1. The maximum absolute atomic E-state index is 12.9. The predicted octanol–water partition coefficient (Wildman–Crippen LogP) is 7.10. The largest absolute Gasteiger partial charge is 0.478 e. The first kappa shape index (κ1) is 21.0. The van der Waals surface area contributed by atoms with Gasteiger partial charge in [-0.3, -0.25) is 4.79 Å². The van der Waals surface area contributed by atoms with Crippen molar-refractivity contribution < 1.29 is 13.9 Å². The molecule has 0 fully saturated rings. The quantitative estimate of drug-likeness (QED) is 0.306. The normalized spacial score (nSPS) is 11.6. The average Bonchev–Trinajstić information content (AvgIpc) is 3.26. The molecule has 5 rings (SSSR count). The molecule has 6 heteroatoms. The zero-order valence-electron chi connectivity index (χ0n) is 18.1. The van der Waals surface area contributed by atoms with Gasteiger partial charge in [-0.25, -0.2) is 4.98 Å². The highest BCUT2D eigenvalue weighted by molar-refractivity contribution is 6.30. The SMILES string of the molecule is CC(C)(Oc1ccc(Cl)cc1)C(=O)Nc1cccc(-c2nc3c(ccc4ccccc43)o2)c1. The molecule has 0 saturated carbocycles. The Morgan fingerprint density at radius 3 is 2.58 bits per heavy atom. The van der Waals surface area contributed by atoms with E-state index in [1.54, 1.807) is 38.1 Å². The Hall–Kier alpha value is -3.83. The van der Waals surface area contributed by atoms with Gasteiger partial charge in [0.15, 0.2) is 11.2 Å². The summed E-state index contributed by atoms with van der Waals surface area (Å²) in [6.07, 6.45) is 0. The summed E-state index contributed by atoms with van der Waals surface area (Å²) in [5.74, 6) is 0.777. The molecule has 0 spiro atoms. The number of carbonyl (C=O) groups is 1. The first-order valence-electron chi connectivity index (χ1n) is 10.5. The van der Waals surface area contributed by atoms with Crippen molar-refractivity contribution in [2.24, 2.45) is 0 Å². The second kappa shape index (κ2) is 8.26. The van der Waals surface area contributed by atoms with Crippen LogP contribution in [0.3, 0.4) is 0 Å². The number of fused-ring (bicyclic) bond motifs is 3. The zero-order valence-corrected chi connectivity index (χ0v) is 18.9. The van der Waals surface area contributed by atoms with Crippen LogP contribution in [0.2, 0.25) is 5.02 Å². The number of hydrogen-bond acceptors (Lipinski definition) is 4. The molecule has 1 heterocycles. The van der Waals surface area contributed by atoms with Crippen LogP contribution in [0.25, 0.3) is 33.3 Å². The Balaban J connectivity index is 1.39. The highest BCUT2D eigenvalue weighted by atomic mass is 35.5. The minimum Gasteiger partial charge on any atom is -0.478 e. The van der Waals surface area contributed by atoms with E-state index in [4.69, 9.17) is 25.7 Å². The molecule has 33 heavy (non-hydrogen) atoms. The third kappa shape index (κ3) is 4.28. The second-order valence-electron chi connectivity index (χ2n) is 8.25. The lowest BCUT2D eigenvalue weighted by atomic mass is 10.1. The van der Waals surface area contributed by atoms with Crippen LogP contribution < -0.4 is 10.1 Å². The average molecular weight is 457 g/mol. The Labute approximate surface area is 196 Å². The fourth-order valence-corrected chi connectivity index (χ4v) is 3.77. The fraction of sp³-hybridized carbons (Fsp3) is 0.111. The predicted molar refractivity (Wildman–Crippen MR) is 132 cm³/mol. The molecule has 0 radical (unpaired) electrons. The molecule has 0 atom stereocenters. The van der Waals surface area contributed by atoms with Gasteiger partial charge in [-0.15, -0.1) is 0 Å². The highest BCUT2D eigenvalue weighted by Gasteiger charge is 2.30. The summed E-state index contributed by atoms with van der Waals surface area (Å²) in [4.78, 5) is 17.7.